The largest absolute Gasteiger partial charge is 0.380 e. The lowest BCUT2D eigenvalue weighted by atomic mass is 10.2. The number of hydrogen-bond donors (Lipinski definition) is 1. The second-order valence-corrected chi connectivity index (χ2v) is 5.76. The zero-order valence-electron chi connectivity index (χ0n) is 10.1. The van der Waals surface area contributed by atoms with Crippen LogP contribution in [0.3, 0.4) is 0 Å². The molecule has 2 aromatic carbocycles. The minimum atomic E-state index is -0.809. The van der Waals surface area contributed by atoms with Crippen LogP contribution in [0.1, 0.15) is 5.56 Å². The molecular formula is C13H9Br2FN2O2. The molecule has 0 amide bonds. The van der Waals surface area contributed by atoms with Crippen molar-refractivity contribution in [2.24, 2.45) is 0 Å². The Morgan fingerprint density at radius 2 is 2.00 bits per heavy atom. The average Bonchev–Trinajstić information content (AvgIpc) is 2.41. The number of halogens is 3. The SMILES string of the molecule is O=[N+]([O-])c1cccc(CNc2cc(Br)ccc2Br)c1F. The fourth-order valence-corrected chi connectivity index (χ4v) is 2.42. The molecule has 2 rings (SSSR count). The van der Waals surface area contributed by atoms with Crippen molar-refractivity contribution in [2.45, 2.75) is 6.54 Å². The van der Waals surface area contributed by atoms with E-state index in [0.29, 0.717) is 0 Å². The van der Waals surface area contributed by atoms with Gasteiger partial charge in [0.25, 0.3) is 0 Å². The van der Waals surface area contributed by atoms with Gasteiger partial charge in [0.1, 0.15) is 0 Å². The fourth-order valence-electron chi connectivity index (χ4n) is 1.67. The molecule has 4 nitrogen and oxygen atoms in total. The van der Waals surface area contributed by atoms with E-state index in [1.165, 1.54) is 12.1 Å². The summed E-state index contributed by atoms with van der Waals surface area (Å²) in [6.07, 6.45) is 0. The van der Waals surface area contributed by atoms with Gasteiger partial charge in [0.15, 0.2) is 0 Å². The lowest BCUT2D eigenvalue weighted by molar-refractivity contribution is -0.387. The molecule has 0 aliphatic heterocycles. The Hall–Kier alpha value is -1.47. The van der Waals surface area contributed by atoms with E-state index in [1.807, 2.05) is 18.2 Å². The summed E-state index contributed by atoms with van der Waals surface area (Å²) in [6.45, 7) is 0.155. The highest BCUT2D eigenvalue weighted by molar-refractivity contribution is 9.11. The average molecular weight is 404 g/mol. The van der Waals surface area contributed by atoms with Gasteiger partial charge in [-0.1, -0.05) is 28.1 Å². The Morgan fingerprint density at radius 1 is 1.25 bits per heavy atom. The Bertz CT molecular complexity index is 665. The zero-order chi connectivity index (χ0) is 14.7. The molecule has 0 unspecified atom stereocenters. The number of nitro groups is 1. The summed E-state index contributed by atoms with van der Waals surface area (Å²) >= 11 is 6.72. The van der Waals surface area contributed by atoms with E-state index in [0.717, 1.165) is 20.7 Å². The van der Waals surface area contributed by atoms with E-state index < -0.39 is 16.4 Å². The summed E-state index contributed by atoms with van der Waals surface area (Å²) in [5.41, 5.74) is 0.494. The van der Waals surface area contributed by atoms with Crippen LogP contribution in [0, 0.1) is 15.9 Å². The minimum absolute atomic E-state index is 0.155. The van der Waals surface area contributed by atoms with Crippen LogP contribution in [0.4, 0.5) is 15.8 Å². The van der Waals surface area contributed by atoms with Crippen LogP contribution >= 0.6 is 31.9 Å². The van der Waals surface area contributed by atoms with Crippen molar-refractivity contribution in [1.82, 2.24) is 0 Å². The van der Waals surface area contributed by atoms with E-state index in [1.54, 1.807) is 0 Å². The summed E-state index contributed by atoms with van der Waals surface area (Å²) in [6, 6.07) is 9.67. The normalized spacial score (nSPS) is 10.3. The van der Waals surface area contributed by atoms with Crippen molar-refractivity contribution in [3.63, 3.8) is 0 Å². The molecule has 0 atom stereocenters. The predicted molar refractivity (Wildman–Crippen MR) is 82.2 cm³/mol. The number of hydrogen-bond acceptors (Lipinski definition) is 3. The molecule has 0 spiro atoms. The quantitative estimate of drug-likeness (QED) is 0.585. The van der Waals surface area contributed by atoms with Crippen LogP contribution in [0.2, 0.25) is 0 Å². The molecule has 0 aliphatic carbocycles. The first-order valence-corrected chi connectivity index (χ1v) is 7.18. The lowest BCUT2D eigenvalue weighted by Crippen LogP contribution is -2.04. The Balaban J connectivity index is 2.21. The molecule has 0 heterocycles. The summed E-state index contributed by atoms with van der Waals surface area (Å²) < 4.78 is 15.6. The van der Waals surface area contributed by atoms with Crippen molar-refractivity contribution >= 4 is 43.2 Å². The van der Waals surface area contributed by atoms with Crippen molar-refractivity contribution in [3.8, 4) is 0 Å². The van der Waals surface area contributed by atoms with Crippen LogP contribution in [0.15, 0.2) is 45.3 Å². The maximum atomic E-state index is 13.9. The van der Waals surface area contributed by atoms with Crippen LogP contribution in [-0.4, -0.2) is 4.92 Å². The smallest absolute Gasteiger partial charge is 0.305 e. The molecule has 0 bridgehead atoms. The monoisotopic (exact) mass is 402 g/mol. The van der Waals surface area contributed by atoms with Crippen LogP contribution in [-0.2, 0) is 6.54 Å². The number of rotatable bonds is 4. The van der Waals surface area contributed by atoms with E-state index in [-0.39, 0.29) is 12.1 Å². The van der Waals surface area contributed by atoms with Crippen molar-refractivity contribution in [2.75, 3.05) is 5.32 Å². The number of anilines is 1. The molecule has 104 valence electrons. The fraction of sp³-hybridized carbons (Fsp3) is 0.0769. The highest BCUT2D eigenvalue weighted by Gasteiger charge is 2.16. The number of nitro benzene ring substituents is 1. The standard InChI is InChI=1S/C13H9Br2FN2O2/c14-9-4-5-10(15)11(6-9)17-7-8-2-1-3-12(13(8)16)18(19)20/h1-6,17H,7H2. The van der Waals surface area contributed by atoms with E-state index in [9.17, 15) is 14.5 Å². The summed E-state index contributed by atoms with van der Waals surface area (Å²) in [7, 11) is 0. The lowest BCUT2D eigenvalue weighted by Gasteiger charge is -2.10. The molecule has 0 fully saturated rings. The Morgan fingerprint density at radius 3 is 2.70 bits per heavy atom. The molecule has 0 saturated heterocycles. The van der Waals surface area contributed by atoms with Crippen molar-refractivity contribution in [3.05, 3.63) is 66.8 Å². The molecule has 0 saturated carbocycles. The molecule has 2 aromatic rings. The minimum Gasteiger partial charge on any atom is -0.380 e. The van der Waals surface area contributed by atoms with Crippen LogP contribution in [0.5, 0.6) is 0 Å². The van der Waals surface area contributed by atoms with Gasteiger partial charge in [0, 0.05) is 32.8 Å². The highest BCUT2D eigenvalue weighted by Crippen LogP contribution is 2.27. The summed E-state index contributed by atoms with van der Waals surface area (Å²) in [5, 5.41) is 13.7. The molecule has 0 aromatic heterocycles. The zero-order valence-corrected chi connectivity index (χ0v) is 13.2. The van der Waals surface area contributed by atoms with Crippen molar-refractivity contribution in [1.29, 1.82) is 0 Å². The maximum absolute atomic E-state index is 13.9. The number of benzene rings is 2. The second-order valence-electron chi connectivity index (χ2n) is 3.99. The van der Waals surface area contributed by atoms with Crippen LogP contribution in [0.25, 0.3) is 0 Å². The predicted octanol–water partition coefficient (Wildman–Crippen LogP) is 4.87. The topological polar surface area (TPSA) is 55.2 Å². The van der Waals surface area contributed by atoms with Gasteiger partial charge in [-0.3, -0.25) is 10.1 Å². The third-order valence-electron chi connectivity index (χ3n) is 2.65. The molecule has 1 N–H and O–H groups in total. The summed E-state index contributed by atoms with van der Waals surface area (Å²) in [4.78, 5) is 9.95. The maximum Gasteiger partial charge on any atom is 0.305 e. The van der Waals surface area contributed by atoms with Gasteiger partial charge in [-0.05, 0) is 34.1 Å². The first kappa shape index (κ1) is 14.9. The summed E-state index contributed by atoms with van der Waals surface area (Å²) in [5.74, 6) is -0.809. The first-order chi connectivity index (χ1) is 9.49. The van der Waals surface area contributed by atoms with E-state index in [4.69, 9.17) is 0 Å². The molecule has 0 aliphatic rings. The van der Waals surface area contributed by atoms with Gasteiger partial charge in [0.2, 0.25) is 5.82 Å². The van der Waals surface area contributed by atoms with Gasteiger partial charge in [-0.2, -0.15) is 4.39 Å². The van der Waals surface area contributed by atoms with Gasteiger partial charge in [0.05, 0.1) is 4.92 Å². The Kier molecular flexibility index (Phi) is 4.72. The highest BCUT2D eigenvalue weighted by atomic mass is 79.9. The van der Waals surface area contributed by atoms with Gasteiger partial charge < -0.3 is 5.32 Å². The molecular weight excluding hydrogens is 395 g/mol. The first-order valence-electron chi connectivity index (χ1n) is 5.59. The third-order valence-corrected chi connectivity index (χ3v) is 3.84. The van der Waals surface area contributed by atoms with Gasteiger partial charge in [-0.25, -0.2) is 0 Å². The molecule has 20 heavy (non-hydrogen) atoms. The van der Waals surface area contributed by atoms with Crippen LogP contribution < -0.4 is 5.32 Å². The van der Waals surface area contributed by atoms with Gasteiger partial charge in [-0.15, -0.1) is 0 Å². The third kappa shape index (κ3) is 3.34. The Labute approximate surface area is 131 Å². The van der Waals surface area contributed by atoms with Gasteiger partial charge >= 0.3 is 5.69 Å². The van der Waals surface area contributed by atoms with E-state index >= 15 is 0 Å². The van der Waals surface area contributed by atoms with E-state index in [2.05, 4.69) is 37.2 Å². The van der Waals surface area contributed by atoms with Crippen molar-refractivity contribution < 1.29 is 9.31 Å². The number of nitrogens with zero attached hydrogens (tertiary/aromatic N) is 1. The number of nitrogens with one attached hydrogen (secondary N) is 1. The molecule has 0 radical (unpaired) electrons. The molecule has 7 heteroatoms. The second kappa shape index (κ2) is 6.32.